The third-order valence-corrected chi connectivity index (χ3v) is 4.80. The van der Waals surface area contributed by atoms with Gasteiger partial charge in [0.05, 0.1) is 13.3 Å². The minimum atomic E-state index is -0.980. The molecule has 0 bridgehead atoms. The molecule has 0 spiro atoms. The van der Waals surface area contributed by atoms with Gasteiger partial charge in [-0.05, 0) is 35.9 Å². The van der Waals surface area contributed by atoms with Gasteiger partial charge >= 0.3 is 11.8 Å². The molecule has 0 unspecified atom stereocenters. The average Bonchev–Trinajstić information content (AvgIpc) is 2.87. The van der Waals surface area contributed by atoms with Gasteiger partial charge in [0.15, 0.2) is 18.1 Å². The van der Waals surface area contributed by atoms with Crippen molar-refractivity contribution < 1.29 is 23.9 Å². The third kappa shape index (κ3) is 7.86. The van der Waals surface area contributed by atoms with Gasteiger partial charge < -0.3 is 20.1 Å². The van der Waals surface area contributed by atoms with E-state index in [0.29, 0.717) is 28.6 Å². The summed E-state index contributed by atoms with van der Waals surface area (Å²) in [5, 5.41) is 9.42. The Hall–Kier alpha value is -4.37. The number of methoxy groups -OCH3 is 1. The number of amides is 3. The number of benzene rings is 3. The van der Waals surface area contributed by atoms with Gasteiger partial charge in [-0.25, -0.2) is 5.43 Å². The summed E-state index contributed by atoms with van der Waals surface area (Å²) in [6.45, 7) is 0.106. The predicted octanol–water partition coefficient (Wildman–Crippen LogP) is 3.13. The van der Waals surface area contributed by atoms with Crippen molar-refractivity contribution in [3.8, 4) is 11.5 Å². The van der Waals surface area contributed by atoms with Crippen molar-refractivity contribution in [1.82, 2.24) is 10.7 Å². The summed E-state index contributed by atoms with van der Waals surface area (Å²) in [6.07, 6.45) is 1.28. The number of hydrazone groups is 1. The van der Waals surface area contributed by atoms with Crippen LogP contribution >= 0.6 is 11.6 Å². The van der Waals surface area contributed by atoms with Crippen molar-refractivity contribution in [2.24, 2.45) is 5.10 Å². The first-order valence-corrected chi connectivity index (χ1v) is 10.8. The number of rotatable bonds is 9. The van der Waals surface area contributed by atoms with Gasteiger partial charge in [-0.3, -0.25) is 14.4 Å². The zero-order valence-electron chi connectivity index (χ0n) is 18.8. The van der Waals surface area contributed by atoms with Gasteiger partial charge in [0, 0.05) is 22.8 Å². The Bertz CT molecular complexity index is 1220. The first-order valence-electron chi connectivity index (χ1n) is 10.5. The molecule has 0 radical (unpaired) electrons. The molecule has 0 fully saturated rings. The Morgan fingerprint density at radius 2 is 1.74 bits per heavy atom. The summed E-state index contributed by atoms with van der Waals surface area (Å²) in [6, 6.07) is 20.9. The van der Waals surface area contributed by atoms with Gasteiger partial charge in [0.25, 0.3) is 5.91 Å². The fourth-order valence-corrected chi connectivity index (χ4v) is 3.09. The number of hydrogen-bond donors (Lipinski definition) is 3. The Morgan fingerprint density at radius 3 is 2.49 bits per heavy atom. The minimum absolute atomic E-state index is 0.256. The number of para-hydroxylation sites is 1. The molecule has 9 nitrogen and oxygen atoms in total. The molecule has 3 aromatic carbocycles. The zero-order valence-corrected chi connectivity index (χ0v) is 19.5. The van der Waals surface area contributed by atoms with Crippen LogP contribution in [0.25, 0.3) is 0 Å². The van der Waals surface area contributed by atoms with E-state index >= 15 is 0 Å². The van der Waals surface area contributed by atoms with E-state index in [4.69, 9.17) is 21.1 Å². The van der Waals surface area contributed by atoms with Crippen LogP contribution in [0.4, 0.5) is 5.69 Å². The molecule has 0 heterocycles. The van der Waals surface area contributed by atoms with E-state index in [1.165, 1.54) is 19.4 Å². The summed E-state index contributed by atoms with van der Waals surface area (Å²) >= 11 is 5.87. The first kappa shape index (κ1) is 25.3. The molecule has 0 atom stereocenters. The van der Waals surface area contributed by atoms with E-state index in [1.54, 1.807) is 36.4 Å². The zero-order chi connectivity index (χ0) is 25.0. The third-order valence-electron chi connectivity index (χ3n) is 4.57. The second kappa shape index (κ2) is 12.8. The molecule has 180 valence electrons. The maximum atomic E-state index is 12.2. The van der Waals surface area contributed by atoms with Crippen molar-refractivity contribution in [3.05, 3.63) is 88.9 Å². The normalized spacial score (nSPS) is 10.5. The fourth-order valence-electron chi connectivity index (χ4n) is 2.90. The van der Waals surface area contributed by atoms with Gasteiger partial charge in [-0.2, -0.15) is 5.10 Å². The molecule has 0 aliphatic rings. The first-order chi connectivity index (χ1) is 17.0. The number of anilines is 1. The van der Waals surface area contributed by atoms with Crippen LogP contribution in [-0.2, 0) is 20.9 Å². The SMILES string of the molecule is COc1cccc(/C=N\NC(=O)C(=O)Nc2cccc(Cl)c2)c1OCC(=O)NCc1ccccc1. The van der Waals surface area contributed by atoms with E-state index in [0.717, 1.165) is 5.56 Å². The molecule has 0 aliphatic carbocycles. The standard InChI is InChI=1S/C25H23ClN4O5/c1-34-21-12-5-9-18(23(21)35-16-22(31)27-14-17-7-3-2-4-8-17)15-28-30-25(33)24(32)29-20-11-6-10-19(26)13-20/h2-13,15H,14,16H2,1H3,(H,27,31)(H,29,32)(H,30,33)/b28-15-. The van der Waals surface area contributed by atoms with Gasteiger partial charge in [-0.15, -0.1) is 0 Å². The summed E-state index contributed by atoms with van der Waals surface area (Å²) in [7, 11) is 1.46. The molecule has 0 aromatic heterocycles. The van der Waals surface area contributed by atoms with Crippen molar-refractivity contribution in [2.75, 3.05) is 19.0 Å². The summed E-state index contributed by atoms with van der Waals surface area (Å²) < 4.78 is 11.0. The van der Waals surface area contributed by atoms with Crippen LogP contribution in [0.1, 0.15) is 11.1 Å². The van der Waals surface area contributed by atoms with E-state index in [9.17, 15) is 14.4 Å². The monoisotopic (exact) mass is 494 g/mol. The van der Waals surface area contributed by atoms with Crippen LogP contribution < -0.4 is 25.5 Å². The van der Waals surface area contributed by atoms with E-state index in [2.05, 4.69) is 21.2 Å². The Labute approximate surface area is 207 Å². The molecule has 0 aliphatic heterocycles. The number of ether oxygens (including phenoxy) is 2. The van der Waals surface area contributed by atoms with Crippen LogP contribution in [0.3, 0.4) is 0 Å². The maximum absolute atomic E-state index is 12.2. The summed E-state index contributed by atoms with van der Waals surface area (Å²) in [5.41, 5.74) is 3.90. The minimum Gasteiger partial charge on any atom is -0.493 e. The number of nitrogens with one attached hydrogen (secondary N) is 3. The maximum Gasteiger partial charge on any atom is 0.329 e. The van der Waals surface area contributed by atoms with Crippen LogP contribution in [0.2, 0.25) is 5.02 Å². The van der Waals surface area contributed by atoms with E-state index in [1.807, 2.05) is 30.3 Å². The number of hydrogen-bond acceptors (Lipinski definition) is 6. The topological polar surface area (TPSA) is 118 Å². The summed E-state index contributed by atoms with van der Waals surface area (Å²) in [5.74, 6) is -1.59. The van der Waals surface area contributed by atoms with Gasteiger partial charge in [-0.1, -0.05) is 54.1 Å². The lowest BCUT2D eigenvalue weighted by Gasteiger charge is -2.13. The van der Waals surface area contributed by atoms with Crippen LogP contribution in [0.5, 0.6) is 11.5 Å². The van der Waals surface area contributed by atoms with Crippen molar-refractivity contribution in [2.45, 2.75) is 6.54 Å². The van der Waals surface area contributed by atoms with Crippen LogP contribution in [0, 0.1) is 0 Å². The lowest BCUT2D eigenvalue weighted by atomic mass is 10.2. The molecule has 0 saturated carbocycles. The second-order valence-corrected chi connectivity index (χ2v) is 7.53. The number of nitrogens with zero attached hydrogens (tertiary/aromatic N) is 1. The predicted molar refractivity (Wildman–Crippen MR) is 133 cm³/mol. The fraction of sp³-hybridized carbons (Fsp3) is 0.120. The number of carbonyl (C=O) groups is 3. The molecule has 3 aromatic rings. The second-order valence-electron chi connectivity index (χ2n) is 7.09. The highest BCUT2D eigenvalue weighted by molar-refractivity contribution is 6.39. The van der Waals surface area contributed by atoms with Crippen LogP contribution in [0.15, 0.2) is 77.9 Å². The van der Waals surface area contributed by atoms with E-state index < -0.39 is 11.8 Å². The molecule has 10 heteroatoms. The number of halogens is 1. The van der Waals surface area contributed by atoms with Crippen LogP contribution in [-0.4, -0.2) is 37.7 Å². The highest BCUT2D eigenvalue weighted by Gasteiger charge is 2.14. The highest BCUT2D eigenvalue weighted by atomic mass is 35.5. The molecular weight excluding hydrogens is 472 g/mol. The lowest BCUT2D eigenvalue weighted by molar-refractivity contribution is -0.136. The van der Waals surface area contributed by atoms with Crippen molar-refractivity contribution in [1.29, 1.82) is 0 Å². The largest absolute Gasteiger partial charge is 0.493 e. The lowest BCUT2D eigenvalue weighted by Crippen LogP contribution is -2.32. The molecule has 3 amide bonds. The quantitative estimate of drug-likeness (QED) is 0.240. The van der Waals surface area contributed by atoms with E-state index in [-0.39, 0.29) is 18.3 Å². The number of carbonyl (C=O) groups excluding carboxylic acids is 3. The Morgan fingerprint density at radius 1 is 0.971 bits per heavy atom. The Kier molecular flexibility index (Phi) is 9.21. The molecule has 3 N–H and O–H groups in total. The highest BCUT2D eigenvalue weighted by Crippen LogP contribution is 2.30. The Balaban J connectivity index is 1.58. The molecule has 3 rings (SSSR count). The van der Waals surface area contributed by atoms with Gasteiger partial charge in [0.1, 0.15) is 0 Å². The molecule has 35 heavy (non-hydrogen) atoms. The summed E-state index contributed by atoms with van der Waals surface area (Å²) in [4.78, 5) is 36.3. The van der Waals surface area contributed by atoms with Gasteiger partial charge in [0.2, 0.25) is 0 Å². The van der Waals surface area contributed by atoms with Crippen molar-refractivity contribution >= 4 is 41.2 Å². The molecule has 0 saturated heterocycles. The average molecular weight is 495 g/mol. The van der Waals surface area contributed by atoms with Crippen molar-refractivity contribution in [3.63, 3.8) is 0 Å². The smallest absolute Gasteiger partial charge is 0.329 e. The molecular formula is C25H23ClN4O5.